The molecule has 2 aromatic rings. The molecule has 3 nitrogen and oxygen atoms in total. The first-order valence-corrected chi connectivity index (χ1v) is 5.89. The summed E-state index contributed by atoms with van der Waals surface area (Å²) in [5, 5.41) is 4.27. The molecular formula is C14H19N3. The summed E-state index contributed by atoms with van der Waals surface area (Å²) in [6, 6.07) is 6.61. The minimum Gasteiger partial charge on any atom is -0.386 e. The van der Waals surface area contributed by atoms with Crippen molar-refractivity contribution in [3.8, 4) is 0 Å². The first-order chi connectivity index (χ1) is 8.10. The van der Waals surface area contributed by atoms with Crippen LogP contribution in [0.2, 0.25) is 0 Å². The number of hydrogen-bond acceptors (Lipinski definition) is 2. The Morgan fingerprint density at radius 1 is 1.41 bits per heavy atom. The molecule has 0 spiro atoms. The van der Waals surface area contributed by atoms with Crippen molar-refractivity contribution in [3.05, 3.63) is 47.4 Å². The number of aromatic amines is 1. The largest absolute Gasteiger partial charge is 0.386 e. The van der Waals surface area contributed by atoms with Crippen molar-refractivity contribution in [3.63, 3.8) is 0 Å². The topological polar surface area (TPSA) is 53.8 Å². The molecule has 0 aliphatic rings. The lowest BCUT2D eigenvalue weighted by Gasteiger charge is -2.02. The number of rotatable bonds is 4. The van der Waals surface area contributed by atoms with Crippen LogP contribution in [0.4, 0.5) is 0 Å². The summed E-state index contributed by atoms with van der Waals surface area (Å²) in [5.74, 6) is 0.495. The molecule has 0 radical (unpaired) electrons. The summed E-state index contributed by atoms with van der Waals surface area (Å²) in [6.07, 6.45) is 1.07. The summed E-state index contributed by atoms with van der Waals surface area (Å²) < 4.78 is 0. The van der Waals surface area contributed by atoms with Gasteiger partial charge in [0.05, 0.1) is 12.4 Å². The lowest BCUT2D eigenvalue weighted by molar-refractivity contribution is 0.788. The number of aromatic nitrogens is 1. The normalized spacial score (nSPS) is 10.7. The number of benzene rings is 1. The molecule has 2 rings (SSSR count). The van der Waals surface area contributed by atoms with Crippen molar-refractivity contribution in [1.29, 1.82) is 0 Å². The van der Waals surface area contributed by atoms with Crippen molar-refractivity contribution in [2.45, 2.75) is 26.8 Å². The van der Waals surface area contributed by atoms with Gasteiger partial charge in [-0.2, -0.15) is 0 Å². The average Bonchev–Trinajstić information content (AvgIpc) is 2.67. The second-order valence-corrected chi connectivity index (χ2v) is 4.39. The molecule has 0 aliphatic carbocycles. The minimum atomic E-state index is 0.495. The van der Waals surface area contributed by atoms with Crippen LogP contribution in [0.5, 0.6) is 0 Å². The van der Waals surface area contributed by atoms with E-state index in [0.717, 1.165) is 12.1 Å². The molecule has 3 heteroatoms. The zero-order valence-corrected chi connectivity index (χ0v) is 10.4. The van der Waals surface area contributed by atoms with Gasteiger partial charge in [0.2, 0.25) is 0 Å². The van der Waals surface area contributed by atoms with Crippen LogP contribution in [-0.4, -0.2) is 4.98 Å². The number of nitrogens with two attached hydrogens (primary N) is 1. The first-order valence-electron chi connectivity index (χ1n) is 5.89. The van der Waals surface area contributed by atoms with E-state index in [4.69, 9.17) is 5.73 Å². The van der Waals surface area contributed by atoms with Gasteiger partial charge in [-0.05, 0) is 48.1 Å². The number of aryl methyl sites for hydroxylation is 2. The SMILES string of the molecule is C=C(N)NCc1cc2cc(CC)c(C)cc2[nH]1. The molecule has 1 aromatic carbocycles. The standard InChI is InChI=1S/C14H19N3/c1-4-11-6-12-7-13(8-16-10(3)15)17-14(12)5-9(11)2/h5-7,16-17H,3-4,8,15H2,1-2H3. The van der Waals surface area contributed by atoms with Crippen LogP contribution in [0, 0.1) is 6.92 Å². The van der Waals surface area contributed by atoms with Gasteiger partial charge in [0, 0.05) is 11.2 Å². The Bertz CT molecular complexity index is 552. The summed E-state index contributed by atoms with van der Waals surface area (Å²) in [5.41, 5.74) is 10.5. The Morgan fingerprint density at radius 2 is 2.18 bits per heavy atom. The van der Waals surface area contributed by atoms with Crippen molar-refractivity contribution in [1.82, 2.24) is 10.3 Å². The van der Waals surface area contributed by atoms with E-state index in [1.807, 2.05) is 0 Å². The first kappa shape index (κ1) is 11.6. The monoisotopic (exact) mass is 229 g/mol. The third-order valence-electron chi connectivity index (χ3n) is 3.02. The Balaban J connectivity index is 2.33. The van der Waals surface area contributed by atoms with E-state index in [1.54, 1.807) is 0 Å². The van der Waals surface area contributed by atoms with E-state index in [0.29, 0.717) is 12.4 Å². The molecule has 1 heterocycles. The Morgan fingerprint density at radius 3 is 2.82 bits per heavy atom. The maximum absolute atomic E-state index is 5.48. The second-order valence-electron chi connectivity index (χ2n) is 4.39. The third kappa shape index (κ3) is 2.44. The average molecular weight is 229 g/mol. The van der Waals surface area contributed by atoms with Crippen molar-refractivity contribution >= 4 is 10.9 Å². The molecule has 0 atom stereocenters. The maximum Gasteiger partial charge on any atom is 0.0889 e. The Kier molecular flexibility index (Phi) is 3.09. The van der Waals surface area contributed by atoms with Crippen LogP contribution in [0.15, 0.2) is 30.6 Å². The fourth-order valence-electron chi connectivity index (χ4n) is 2.08. The fourth-order valence-corrected chi connectivity index (χ4v) is 2.08. The lowest BCUT2D eigenvalue weighted by atomic mass is 10.0. The van der Waals surface area contributed by atoms with Crippen LogP contribution < -0.4 is 11.1 Å². The van der Waals surface area contributed by atoms with Gasteiger partial charge in [-0.3, -0.25) is 0 Å². The van der Waals surface area contributed by atoms with E-state index >= 15 is 0 Å². The highest BCUT2D eigenvalue weighted by atomic mass is 15.0. The van der Waals surface area contributed by atoms with E-state index in [2.05, 4.69) is 48.9 Å². The number of H-pyrrole nitrogens is 1. The predicted molar refractivity (Wildman–Crippen MR) is 72.6 cm³/mol. The summed E-state index contributed by atoms with van der Waals surface area (Å²) in [4.78, 5) is 3.38. The van der Waals surface area contributed by atoms with Gasteiger partial charge in [-0.15, -0.1) is 0 Å². The zero-order valence-electron chi connectivity index (χ0n) is 10.4. The fraction of sp³-hybridized carbons (Fsp3) is 0.286. The molecule has 0 unspecified atom stereocenters. The van der Waals surface area contributed by atoms with Crippen LogP contribution in [0.1, 0.15) is 23.7 Å². The Hall–Kier alpha value is -1.90. The molecule has 0 saturated carbocycles. The molecule has 0 bridgehead atoms. The highest BCUT2D eigenvalue weighted by Crippen LogP contribution is 2.21. The highest BCUT2D eigenvalue weighted by Gasteiger charge is 2.04. The van der Waals surface area contributed by atoms with Gasteiger partial charge >= 0.3 is 0 Å². The maximum atomic E-state index is 5.48. The van der Waals surface area contributed by atoms with Crippen molar-refractivity contribution in [2.24, 2.45) is 5.73 Å². The predicted octanol–water partition coefficient (Wildman–Crippen LogP) is 2.56. The molecule has 0 amide bonds. The summed E-state index contributed by atoms with van der Waals surface area (Å²) >= 11 is 0. The van der Waals surface area contributed by atoms with Gasteiger partial charge < -0.3 is 16.0 Å². The van der Waals surface area contributed by atoms with Gasteiger partial charge in [0.15, 0.2) is 0 Å². The third-order valence-corrected chi connectivity index (χ3v) is 3.02. The molecule has 0 saturated heterocycles. The highest BCUT2D eigenvalue weighted by molar-refractivity contribution is 5.82. The zero-order chi connectivity index (χ0) is 12.4. The van der Waals surface area contributed by atoms with E-state index < -0.39 is 0 Å². The van der Waals surface area contributed by atoms with Crippen molar-refractivity contribution < 1.29 is 0 Å². The Labute approximate surface area is 102 Å². The smallest absolute Gasteiger partial charge is 0.0889 e. The van der Waals surface area contributed by atoms with Crippen molar-refractivity contribution in [2.75, 3.05) is 0 Å². The molecule has 0 fully saturated rings. The number of fused-ring (bicyclic) bond motifs is 1. The van der Waals surface area contributed by atoms with Crippen LogP contribution in [0.25, 0.3) is 10.9 Å². The molecule has 17 heavy (non-hydrogen) atoms. The number of hydrogen-bond donors (Lipinski definition) is 3. The molecule has 0 aliphatic heterocycles. The summed E-state index contributed by atoms with van der Waals surface area (Å²) in [6.45, 7) is 8.64. The van der Waals surface area contributed by atoms with Crippen LogP contribution in [0.3, 0.4) is 0 Å². The molecule has 90 valence electrons. The lowest BCUT2D eigenvalue weighted by Crippen LogP contribution is -2.18. The van der Waals surface area contributed by atoms with E-state index in [9.17, 15) is 0 Å². The molecular weight excluding hydrogens is 210 g/mol. The molecule has 4 N–H and O–H groups in total. The second kappa shape index (κ2) is 4.53. The van der Waals surface area contributed by atoms with Crippen LogP contribution >= 0.6 is 0 Å². The molecule has 1 aromatic heterocycles. The van der Waals surface area contributed by atoms with Gasteiger partial charge in [-0.1, -0.05) is 13.5 Å². The minimum absolute atomic E-state index is 0.495. The number of nitrogens with one attached hydrogen (secondary N) is 2. The van der Waals surface area contributed by atoms with Gasteiger partial charge in [0.1, 0.15) is 0 Å². The van der Waals surface area contributed by atoms with Gasteiger partial charge in [0.25, 0.3) is 0 Å². The summed E-state index contributed by atoms with van der Waals surface area (Å²) in [7, 11) is 0. The van der Waals surface area contributed by atoms with Crippen LogP contribution in [-0.2, 0) is 13.0 Å². The quantitative estimate of drug-likeness (QED) is 0.754. The van der Waals surface area contributed by atoms with E-state index in [1.165, 1.54) is 22.0 Å². The van der Waals surface area contributed by atoms with Gasteiger partial charge in [-0.25, -0.2) is 0 Å². The van der Waals surface area contributed by atoms with E-state index in [-0.39, 0.29) is 0 Å².